The third kappa shape index (κ3) is 4.77. The van der Waals surface area contributed by atoms with E-state index in [1.807, 2.05) is 36.4 Å². The zero-order chi connectivity index (χ0) is 20.1. The number of thiocarbonyl (C=S) groups is 1. The van der Waals surface area contributed by atoms with Crippen LogP contribution < -0.4 is 9.47 Å². The number of hydrogen-bond acceptors (Lipinski definition) is 5. The summed E-state index contributed by atoms with van der Waals surface area (Å²) < 4.78 is 12.1. The summed E-state index contributed by atoms with van der Waals surface area (Å²) in [5.74, 6) is 1.18. The van der Waals surface area contributed by atoms with Crippen molar-refractivity contribution in [3.63, 3.8) is 0 Å². The predicted octanol–water partition coefficient (Wildman–Crippen LogP) is 5.30. The van der Waals surface area contributed by atoms with Gasteiger partial charge in [0.2, 0.25) is 0 Å². The van der Waals surface area contributed by atoms with Crippen LogP contribution >= 0.6 is 39.9 Å². The Bertz CT molecular complexity index is 915. The first kappa shape index (κ1) is 20.9. The van der Waals surface area contributed by atoms with Gasteiger partial charge < -0.3 is 9.47 Å². The van der Waals surface area contributed by atoms with Gasteiger partial charge in [-0.25, -0.2) is 0 Å². The first-order valence-corrected chi connectivity index (χ1v) is 10.8. The molecule has 2 aromatic rings. The summed E-state index contributed by atoms with van der Waals surface area (Å²) in [6, 6.07) is 13.9. The first-order chi connectivity index (χ1) is 13.5. The normalized spacial score (nSPS) is 15.4. The summed E-state index contributed by atoms with van der Waals surface area (Å²) >= 11 is 10.3. The molecule has 1 aliphatic heterocycles. The van der Waals surface area contributed by atoms with Gasteiger partial charge in [-0.2, -0.15) is 0 Å². The van der Waals surface area contributed by atoms with E-state index in [2.05, 4.69) is 28.1 Å². The molecule has 7 heteroatoms. The maximum absolute atomic E-state index is 12.8. The fraction of sp³-hybridized carbons (Fsp3) is 0.238. The summed E-state index contributed by atoms with van der Waals surface area (Å²) in [6.07, 6.45) is 3.62. The zero-order valence-corrected chi connectivity index (χ0v) is 18.8. The molecule has 1 amide bonds. The molecule has 146 valence electrons. The van der Waals surface area contributed by atoms with Gasteiger partial charge in [-0.15, -0.1) is 0 Å². The molecule has 3 rings (SSSR count). The Hall–Kier alpha value is -1.83. The van der Waals surface area contributed by atoms with E-state index in [0.29, 0.717) is 27.3 Å². The molecule has 0 atom stereocenters. The average Bonchev–Trinajstić information content (AvgIpc) is 2.97. The standard InChI is InChI=1S/C21H20BrNO3S2/c1-25-17-11-15(16(22)13-18(17)26-2)12-19-20(24)23(21(27)28-19)10-6-9-14-7-4-3-5-8-14/h3-5,7-8,11-13H,6,9-10H2,1-2H3. The molecule has 4 nitrogen and oxygen atoms in total. The number of nitrogens with zero attached hydrogens (tertiary/aromatic N) is 1. The van der Waals surface area contributed by atoms with Gasteiger partial charge in [-0.05, 0) is 42.2 Å². The molecule has 1 heterocycles. The van der Waals surface area contributed by atoms with Crippen molar-refractivity contribution in [1.29, 1.82) is 0 Å². The molecule has 1 fully saturated rings. The van der Waals surface area contributed by atoms with Gasteiger partial charge in [-0.1, -0.05) is 70.2 Å². The largest absolute Gasteiger partial charge is 0.493 e. The fourth-order valence-corrected chi connectivity index (χ4v) is 4.64. The minimum absolute atomic E-state index is 0.0512. The maximum Gasteiger partial charge on any atom is 0.266 e. The van der Waals surface area contributed by atoms with E-state index in [0.717, 1.165) is 22.9 Å². The summed E-state index contributed by atoms with van der Waals surface area (Å²) in [5.41, 5.74) is 2.10. The van der Waals surface area contributed by atoms with E-state index in [-0.39, 0.29) is 5.91 Å². The average molecular weight is 478 g/mol. The van der Waals surface area contributed by atoms with Crippen LogP contribution in [0.3, 0.4) is 0 Å². The van der Waals surface area contributed by atoms with Crippen molar-refractivity contribution in [3.8, 4) is 11.5 Å². The molecule has 0 aromatic heterocycles. The number of hydrogen-bond donors (Lipinski definition) is 0. The summed E-state index contributed by atoms with van der Waals surface area (Å²) in [7, 11) is 3.17. The molecule has 0 radical (unpaired) electrons. The number of halogens is 1. The number of rotatable bonds is 7. The van der Waals surface area contributed by atoms with Crippen LogP contribution in [0.15, 0.2) is 51.8 Å². The van der Waals surface area contributed by atoms with Crippen molar-refractivity contribution < 1.29 is 14.3 Å². The lowest BCUT2D eigenvalue weighted by Crippen LogP contribution is -2.29. The van der Waals surface area contributed by atoms with Crippen LogP contribution in [0.25, 0.3) is 6.08 Å². The van der Waals surface area contributed by atoms with Gasteiger partial charge in [0, 0.05) is 11.0 Å². The van der Waals surface area contributed by atoms with Crippen molar-refractivity contribution in [2.45, 2.75) is 12.8 Å². The lowest BCUT2D eigenvalue weighted by molar-refractivity contribution is -0.122. The second-order valence-corrected chi connectivity index (χ2v) is 8.68. The van der Waals surface area contributed by atoms with E-state index in [9.17, 15) is 4.79 Å². The van der Waals surface area contributed by atoms with Gasteiger partial charge in [0.25, 0.3) is 5.91 Å². The molecule has 0 N–H and O–H groups in total. The number of carbonyl (C=O) groups excluding carboxylic acids is 1. The fourth-order valence-electron chi connectivity index (χ4n) is 2.90. The van der Waals surface area contributed by atoms with Crippen LogP contribution in [0.2, 0.25) is 0 Å². The highest BCUT2D eigenvalue weighted by molar-refractivity contribution is 9.10. The van der Waals surface area contributed by atoms with Crippen LogP contribution in [0.4, 0.5) is 0 Å². The van der Waals surface area contributed by atoms with Crippen LogP contribution in [0.5, 0.6) is 11.5 Å². The molecule has 0 bridgehead atoms. The number of carbonyl (C=O) groups is 1. The number of methoxy groups -OCH3 is 2. The first-order valence-electron chi connectivity index (χ1n) is 8.74. The van der Waals surface area contributed by atoms with Gasteiger partial charge >= 0.3 is 0 Å². The summed E-state index contributed by atoms with van der Waals surface area (Å²) in [5, 5.41) is 0. The van der Waals surface area contributed by atoms with Crippen LogP contribution in [-0.4, -0.2) is 35.9 Å². The third-order valence-corrected chi connectivity index (χ3v) is 6.42. The monoisotopic (exact) mass is 477 g/mol. The molecule has 0 spiro atoms. The Morgan fingerprint density at radius 2 is 1.82 bits per heavy atom. The Morgan fingerprint density at radius 3 is 2.50 bits per heavy atom. The topological polar surface area (TPSA) is 38.8 Å². The van der Waals surface area contributed by atoms with Gasteiger partial charge in [0.1, 0.15) is 4.32 Å². The van der Waals surface area contributed by atoms with Gasteiger partial charge in [0.05, 0.1) is 19.1 Å². The molecule has 1 aliphatic rings. The van der Waals surface area contributed by atoms with Crippen LogP contribution in [0.1, 0.15) is 17.5 Å². The van der Waals surface area contributed by atoms with E-state index < -0.39 is 0 Å². The highest BCUT2D eigenvalue weighted by Gasteiger charge is 2.31. The Labute approximate surface area is 183 Å². The van der Waals surface area contributed by atoms with Crippen molar-refractivity contribution >= 4 is 56.2 Å². The van der Waals surface area contributed by atoms with E-state index in [4.69, 9.17) is 21.7 Å². The molecular weight excluding hydrogens is 458 g/mol. The Balaban J connectivity index is 1.72. The van der Waals surface area contributed by atoms with Crippen molar-refractivity contribution in [2.24, 2.45) is 0 Å². The molecule has 2 aromatic carbocycles. The minimum atomic E-state index is -0.0512. The lowest BCUT2D eigenvalue weighted by atomic mass is 10.1. The smallest absolute Gasteiger partial charge is 0.266 e. The molecule has 0 aliphatic carbocycles. The molecule has 28 heavy (non-hydrogen) atoms. The number of amides is 1. The van der Waals surface area contributed by atoms with E-state index in [1.54, 1.807) is 19.1 Å². The van der Waals surface area contributed by atoms with Crippen molar-refractivity contribution in [2.75, 3.05) is 20.8 Å². The second kappa shape index (κ2) is 9.58. The lowest BCUT2D eigenvalue weighted by Gasteiger charge is -2.14. The van der Waals surface area contributed by atoms with E-state index >= 15 is 0 Å². The van der Waals surface area contributed by atoms with Crippen molar-refractivity contribution in [3.05, 3.63) is 63.0 Å². The quantitative estimate of drug-likeness (QED) is 0.399. The van der Waals surface area contributed by atoms with E-state index in [1.165, 1.54) is 17.3 Å². The Kier molecular flexibility index (Phi) is 7.15. The molecular formula is C21H20BrNO3S2. The molecule has 1 saturated heterocycles. The zero-order valence-electron chi connectivity index (χ0n) is 15.6. The number of ether oxygens (including phenoxy) is 2. The number of benzene rings is 2. The molecule has 0 saturated carbocycles. The summed E-state index contributed by atoms with van der Waals surface area (Å²) in [6.45, 7) is 0.615. The van der Waals surface area contributed by atoms with Crippen molar-refractivity contribution in [1.82, 2.24) is 4.90 Å². The second-order valence-electron chi connectivity index (χ2n) is 6.15. The predicted molar refractivity (Wildman–Crippen MR) is 122 cm³/mol. The summed E-state index contributed by atoms with van der Waals surface area (Å²) in [4.78, 5) is 15.1. The minimum Gasteiger partial charge on any atom is -0.493 e. The third-order valence-electron chi connectivity index (χ3n) is 4.35. The van der Waals surface area contributed by atoms with Gasteiger partial charge in [-0.3, -0.25) is 9.69 Å². The maximum atomic E-state index is 12.8. The SMILES string of the molecule is COc1cc(Br)c(C=C2SC(=S)N(CCCc3ccccc3)C2=O)cc1OC. The Morgan fingerprint density at radius 1 is 1.14 bits per heavy atom. The number of thioether (sulfide) groups is 1. The molecule has 0 unspecified atom stereocenters. The highest BCUT2D eigenvalue weighted by Crippen LogP contribution is 2.38. The van der Waals surface area contributed by atoms with Gasteiger partial charge in [0.15, 0.2) is 11.5 Å². The number of aryl methyl sites for hydroxylation is 1. The van der Waals surface area contributed by atoms with Crippen LogP contribution in [0, 0.1) is 0 Å². The highest BCUT2D eigenvalue weighted by atomic mass is 79.9. The van der Waals surface area contributed by atoms with Crippen LogP contribution in [-0.2, 0) is 11.2 Å².